The fraction of sp³-hybridized carbons (Fsp3) is 0.121. The Morgan fingerprint density at radius 1 is 0.513 bits per heavy atom. The summed E-state index contributed by atoms with van der Waals surface area (Å²) < 4.78 is 28.2. The van der Waals surface area contributed by atoms with E-state index in [0.29, 0.717) is 39.9 Å². The van der Waals surface area contributed by atoms with Gasteiger partial charge in [-0.25, -0.2) is 4.79 Å². The van der Waals surface area contributed by atoms with Crippen molar-refractivity contribution in [1.82, 2.24) is 0 Å². The van der Waals surface area contributed by atoms with Gasteiger partial charge in [0.2, 0.25) is 0 Å². The summed E-state index contributed by atoms with van der Waals surface area (Å²) in [5.41, 5.74) is 3.46. The van der Waals surface area contributed by atoms with Crippen LogP contribution in [0.4, 0.5) is 0 Å². The summed E-state index contributed by atoms with van der Waals surface area (Å²) in [7, 11) is 6.42. The third-order valence-electron chi connectivity index (χ3n) is 6.60. The standard InChI is InChI=1S/C33H28O6/c1-35-22-14-16-25(30(18-22)37-3)28-20-29(33(34)39-21-10-6-5-7-11-21)32(26-13-9-8-12-24(26)28)27-17-15-23(36-2)19-31(27)38-4/h5-20H,1-4H3. The van der Waals surface area contributed by atoms with Crippen LogP contribution in [-0.4, -0.2) is 34.4 Å². The number of methoxy groups -OCH3 is 4. The van der Waals surface area contributed by atoms with Gasteiger partial charge in [-0.2, -0.15) is 0 Å². The largest absolute Gasteiger partial charge is 0.497 e. The molecule has 0 radical (unpaired) electrons. The third kappa shape index (κ3) is 4.97. The van der Waals surface area contributed by atoms with E-state index in [9.17, 15) is 4.79 Å². The second-order valence-corrected chi connectivity index (χ2v) is 8.73. The molecule has 0 amide bonds. The Hall–Kier alpha value is -4.97. The maximum atomic E-state index is 13.9. The maximum absolute atomic E-state index is 13.9. The number of ether oxygens (including phenoxy) is 5. The first-order valence-electron chi connectivity index (χ1n) is 12.4. The summed E-state index contributed by atoms with van der Waals surface area (Å²) >= 11 is 0. The van der Waals surface area contributed by atoms with Gasteiger partial charge in [0.25, 0.3) is 0 Å². The summed E-state index contributed by atoms with van der Waals surface area (Å²) in [5, 5.41) is 1.79. The molecule has 0 spiro atoms. The van der Waals surface area contributed by atoms with Gasteiger partial charge in [-0.3, -0.25) is 0 Å². The van der Waals surface area contributed by atoms with Crippen molar-refractivity contribution in [2.75, 3.05) is 28.4 Å². The molecule has 5 rings (SSSR count). The summed E-state index contributed by atoms with van der Waals surface area (Å²) in [4.78, 5) is 13.9. The molecule has 0 heterocycles. The Balaban J connectivity index is 1.83. The Kier molecular flexibility index (Phi) is 7.37. The first-order valence-corrected chi connectivity index (χ1v) is 12.4. The zero-order valence-corrected chi connectivity index (χ0v) is 22.2. The average molecular weight is 521 g/mol. The number of benzene rings is 5. The number of rotatable bonds is 8. The Bertz CT molecular complexity index is 1640. The predicted molar refractivity (Wildman–Crippen MR) is 152 cm³/mol. The number of para-hydroxylation sites is 1. The maximum Gasteiger partial charge on any atom is 0.344 e. The van der Waals surface area contributed by atoms with Crippen molar-refractivity contribution in [2.24, 2.45) is 0 Å². The first-order chi connectivity index (χ1) is 19.1. The van der Waals surface area contributed by atoms with Crippen molar-refractivity contribution >= 4 is 16.7 Å². The van der Waals surface area contributed by atoms with E-state index in [1.165, 1.54) is 0 Å². The van der Waals surface area contributed by atoms with Crippen LogP contribution in [0.25, 0.3) is 33.0 Å². The average Bonchev–Trinajstić information content (AvgIpc) is 3.00. The van der Waals surface area contributed by atoms with Crippen molar-refractivity contribution in [2.45, 2.75) is 0 Å². The highest BCUT2D eigenvalue weighted by Gasteiger charge is 2.24. The van der Waals surface area contributed by atoms with E-state index in [0.717, 1.165) is 27.5 Å². The van der Waals surface area contributed by atoms with Crippen LogP contribution in [0.15, 0.2) is 97.1 Å². The second-order valence-electron chi connectivity index (χ2n) is 8.73. The van der Waals surface area contributed by atoms with E-state index >= 15 is 0 Å². The molecule has 196 valence electrons. The molecule has 0 aromatic heterocycles. The van der Waals surface area contributed by atoms with Gasteiger partial charge >= 0.3 is 5.97 Å². The minimum Gasteiger partial charge on any atom is -0.497 e. The topological polar surface area (TPSA) is 63.2 Å². The van der Waals surface area contributed by atoms with E-state index in [-0.39, 0.29) is 0 Å². The monoisotopic (exact) mass is 520 g/mol. The Morgan fingerprint density at radius 3 is 1.69 bits per heavy atom. The number of fused-ring (bicyclic) bond motifs is 1. The minimum absolute atomic E-state index is 0.383. The van der Waals surface area contributed by atoms with Crippen LogP contribution in [0.2, 0.25) is 0 Å². The van der Waals surface area contributed by atoms with E-state index in [1.807, 2.05) is 78.9 Å². The van der Waals surface area contributed by atoms with Crippen molar-refractivity contribution in [3.8, 4) is 51.0 Å². The van der Waals surface area contributed by atoms with Crippen LogP contribution in [0.5, 0.6) is 28.7 Å². The summed E-state index contributed by atoms with van der Waals surface area (Å²) in [6.45, 7) is 0. The lowest BCUT2D eigenvalue weighted by atomic mass is 9.87. The Labute approximate surface area is 227 Å². The van der Waals surface area contributed by atoms with Crippen molar-refractivity contribution in [1.29, 1.82) is 0 Å². The highest BCUT2D eigenvalue weighted by Crippen LogP contribution is 2.45. The molecular formula is C33H28O6. The van der Waals surface area contributed by atoms with Gasteiger partial charge in [0.15, 0.2) is 0 Å². The summed E-state index contributed by atoms with van der Waals surface area (Å²) in [6, 6.07) is 30.0. The normalized spacial score (nSPS) is 10.7. The second kappa shape index (κ2) is 11.2. The van der Waals surface area contributed by atoms with Crippen LogP contribution in [0.3, 0.4) is 0 Å². The van der Waals surface area contributed by atoms with E-state index in [2.05, 4.69) is 0 Å². The molecule has 0 aliphatic heterocycles. The highest BCUT2D eigenvalue weighted by molar-refractivity contribution is 6.14. The fourth-order valence-corrected chi connectivity index (χ4v) is 4.73. The zero-order chi connectivity index (χ0) is 27.4. The van der Waals surface area contributed by atoms with Crippen molar-refractivity contribution in [3.05, 3.63) is 103 Å². The molecule has 0 saturated heterocycles. The summed E-state index contributed by atoms with van der Waals surface area (Å²) in [6.07, 6.45) is 0. The van der Waals surface area contributed by atoms with Crippen LogP contribution < -0.4 is 23.7 Å². The van der Waals surface area contributed by atoms with Gasteiger partial charge in [-0.15, -0.1) is 0 Å². The van der Waals surface area contributed by atoms with Gasteiger partial charge < -0.3 is 23.7 Å². The highest BCUT2D eigenvalue weighted by atomic mass is 16.5. The third-order valence-corrected chi connectivity index (χ3v) is 6.60. The molecule has 0 aliphatic rings. The van der Waals surface area contributed by atoms with Crippen molar-refractivity contribution in [3.63, 3.8) is 0 Å². The number of esters is 1. The number of hydrogen-bond acceptors (Lipinski definition) is 6. The van der Waals surface area contributed by atoms with E-state index in [4.69, 9.17) is 23.7 Å². The molecule has 0 N–H and O–H groups in total. The Morgan fingerprint density at radius 2 is 1.08 bits per heavy atom. The molecule has 0 unspecified atom stereocenters. The van der Waals surface area contributed by atoms with Gasteiger partial charge in [-0.05, 0) is 58.8 Å². The van der Waals surface area contributed by atoms with Gasteiger partial charge in [0.05, 0.1) is 34.0 Å². The molecule has 5 aromatic carbocycles. The van der Waals surface area contributed by atoms with Crippen LogP contribution in [0, 0.1) is 0 Å². The zero-order valence-electron chi connectivity index (χ0n) is 22.2. The molecule has 5 aromatic rings. The quantitative estimate of drug-likeness (QED) is 0.157. The minimum atomic E-state index is -0.492. The van der Waals surface area contributed by atoms with Crippen LogP contribution in [0.1, 0.15) is 10.4 Å². The predicted octanol–water partition coefficient (Wildman–Crippen LogP) is 7.43. The fourth-order valence-electron chi connectivity index (χ4n) is 4.73. The molecule has 6 nitrogen and oxygen atoms in total. The van der Waals surface area contributed by atoms with E-state index in [1.54, 1.807) is 46.6 Å². The molecule has 0 fully saturated rings. The molecule has 0 saturated carbocycles. The SMILES string of the molecule is COc1ccc(-c2cc(C(=O)Oc3ccccc3)c(-c3ccc(OC)cc3OC)c3ccccc23)c(OC)c1. The summed E-state index contributed by atoms with van der Waals surface area (Å²) in [5.74, 6) is 2.47. The first kappa shape index (κ1) is 25.7. The number of hydrogen-bond donors (Lipinski definition) is 0. The molecule has 39 heavy (non-hydrogen) atoms. The molecule has 0 aliphatic carbocycles. The molecule has 6 heteroatoms. The lowest BCUT2D eigenvalue weighted by Gasteiger charge is -2.20. The number of carbonyl (C=O) groups is 1. The number of carbonyl (C=O) groups excluding carboxylic acids is 1. The van der Waals surface area contributed by atoms with Crippen molar-refractivity contribution < 1.29 is 28.5 Å². The smallest absolute Gasteiger partial charge is 0.344 e. The van der Waals surface area contributed by atoms with Crippen LogP contribution in [-0.2, 0) is 0 Å². The molecule has 0 bridgehead atoms. The van der Waals surface area contributed by atoms with Gasteiger partial charge in [0.1, 0.15) is 28.7 Å². The van der Waals surface area contributed by atoms with E-state index < -0.39 is 5.97 Å². The van der Waals surface area contributed by atoms with Gasteiger partial charge in [-0.1, -0.05) is 42.5 Å². The van der Waals surface area contributed by atoms with Crippen LogP contribution >= 0.6 is 0 Å². The lowest BCUT2D eigenvalue weighted by Crippen LogP contribution is -2.11. The van der Waals surface area contributed by atoms with Gasteiger partial charge in [0, 0.05) is 28.8 Å². The lowest BCUT2D eigenvalue weighted by molar-refractivity contribution is 0.0735. The molecule has 0 atom stereocenters. The molecular weight excluding hydrogens is 492 g/mol.